The Morgan fingerprint density at radius 1 is 1.16 bits per heavy atom. The Balaban J connectivity index is 1.37. The Labute approximate surface area is 185 Å². The first-order chi connectivity index (χ1) is 15.3. The van der Waals surface area contributed by atoms with Gasteiger partial charge in [0.1, 0.15) is 22.9 Å². The van der Waals surface area contributed by atoms with Crippen molar-refractivity contribution >= 4 is 23.1 Å². The van der Waals surface area contributed by atoms with Gasteiger partial charge in [-0.2, -0.15) is 0 Å². The summed E-state index contributed by atoms with van der Waals surface area (Å²) in [5, 5.41) is 18.4. The zero-order chi connectivity index (χ0) is 22.9. The minimum atomic E-state index is -1.21. The second-order valence-corrected chi connectivity index (χ2v) is 8.36. The highest BCUT2D eigenvalue weighted by molar-refractivity contribution is 6.09. The van der Waals surface area contributed by atoms with Crippen molar-refractivity contribution in [3.8, 4) is 0 Å². The minimum Gasteiger partial charge on any atom is -0.380 e. The monoisotopic (exact) mass is 439 g/mol. The molecule has 1 aromatic heterocycles. The summed E-state index contributed by atoms with van der Waals surface area (Å²) < 4.78 is 13.1. The van der Waals surface area contributed by atoms with E-state index in [0.717, 1.165) is 6.42 Å². The maximum absolute atomic E-state index is 13.1. The fourth-order valence-corrected chi connectivity index (χ4v) is 3.93. The van der Waals surface area contributed by atoms with Crippen molar-refractivity contribution in [2.24, 2.45) is 0 Å². The number of nitrogens with zero attached hydrogens (tertiary/aromatic N) is 3. The van der Waals surface area contributed by atoms with Crippen molar-refractivity contribution in [3.63, 3.8) is 0 Å². The summed E-state index contributed by atoms with van der Waals surface area (Å²) in [5.74, 6) is -0.328. The number of carbonyl (C=O) groups is 2. The van der Waals surface area contributed by atoms with Gasteiger partial charge in [0.05, 0.1) is 11.9 Å². The molecule has 168 valence electrons. The van der Waals surface area contributed by atoms with Crippen LogP contribution in [0, 0.1) is 11.2 Å². The van der Waals surface area contributed by atoms with E-state index < -0.39 is 5.60 Å². The van der Waals surface area contributed by atoms with Gasteiger partial charge >= 0.3 is 0 Å². The molecular formula is C23H26FN5O3. The average molecular weight is 439 g/mol. The summed E-state index contributed by atoms with van der Waals surface area (Å²) in [7, 11) is 0. The highest BCUT2D eigenvalue weighted by Crippen LogP contribution is 2.33. The Bertz CT molecular complexity index is 1060. The van der Waals surface area contributed by atoms with Gasteiger partial charge in [0, 0.05) is 26.2 Å². The van der Waals surface area contributed by atoms with Gasteiger partial charge in [-0.05, 0) is 67.7 Å². The smallest absolute Gasteiger partial charge is 0.272 e. The zero-order valence-corrected chi connectivity index (χ0v) is 17.9. The van der Waals surface area contributed by atoms with Gasteiger partial charge in [0.25, 0.3) is 11.8 Å². The van der Waals surface area contributed by atoms with Gasteiger partial charge < -0.3 is 25.3 Å². The van der Waals surface area contributed by atoms with E-state index in [0.29, 0.717) is 61.7 Å². The molecule has 1 saturated carbocycles. The number of aromatic amines is 1. The van der Waals surface area contributed by atoms with Gasteiger partial charge in [-0.1, -0.05) is 0 Å². The highest BCUT2D eigenvalue weighted by atomic mass is 19.1. The average Bonchev–Trinajstić information content (AvgIpc) is 3.27. The molecule has 4 rings (SSSR count). The molecule has 1 saturated heterocycles. The van der Waals surface area contributed by atoms with E-state index >= 15 is 0 Å². The third-order valence-corrected chi connectivity index (χ3v) is 6.13. The van der Waals surface area contributed by atoms with Crippen LogP contribution in [0.25, 0.3) is 5.57 Å². The van der Waals surface area contributed by atoms with Crippen LogP contribution in [0.15, 0.2) is 36.5 Å². The molecule has 8 nitrogen and oxygen atoms in total. The van der Waals surface area contributed by atoms with Crippen molar-refractivity contribution < 1.29 is 19.1 Å². The van der Waals surface area contributed by atoms with E-state index in [1.165, 1.54) is 30.5 Å². The fourth-order valence-electron chi connectivity index (χ4n) is 3.93. The van der Waals surface area contributed by atoms with Crippen LogP contribution < -0.4 is 0 Å². The third-order valence-electron chi connectivity index (χ3n) is 6.13. The normalized spacial score (nSPS) is 18.3. The maximum atomic E-state index is 13.1. The number of carbonyl (C=O) groups excluding carboxylic acids is 2. The summed E-state index contributed by atoms with van der Waals surface area (Å²) in [5.41, 5.74) is 0.574. The molecule has 1 aliphatic carbocycles. The number of imidazole rings is 1. The number of allylic oxidation sites excluding steroid dienone is 2. The highest BCUT2D eigenvalue weighted by Gasteiger charge is 2.45. The van der Waals surface area contributed by atoms with Crippen LogP contribution in [-0.4, -0.2) is 74.2 Å². The molecule has 0 radical (unpaired) electrons. The summed E-state index contributed by atoms with van der Waals surface area (Å²) >= 11 is 0. The SMILES string of the molecule is C/C(=C/C(=N)c1ccc(F)cc1)c1ncc(C(=O)N2CCN(C(=O)C3(O)CCC3)CC2)[nH]1. The molecule has 0 unspecified atom stereocenters. The van der Waals surface area contributed by atoms with E-state index in [-0.39, 0.29) is 23.3 Å². The molecule has 3 N–H and O–H groups in total. The first kappa shape index (κ1) is 21.9. The molecule has 2 fully saturated rings. The minimum absolute atomic E-state index is 0.209. The molecule has 1 aliphatic heterocycles. The van der Waals surface area contributed by atoms with Crippen LogP contribution in [0.2, 0.25) is 0 Å². The van der Waals surface area contributed by atoms with Crippen LogP contribution in [0.3, 0.4) is 0 Å². The number of benzene rings is 1. The van der Waals surface area contributed by atoms with Crippen molar-refractivity contribution in [1.82, 2.24) is 19.8 Å². The second-order valence-electron chi connectivity index (χ2n) is 8.36. The van der Waals surface area contributed by atoms with Gasteiger partial charge in [-0.3, -0.25) is 9.59 Å². The van der Waals surface area contributed by atoms with Crippen LogP contribution in [0.5, 0.6) is 0 Å². The quantitative estimate of drug-likeness (QED) is 0.620. The van der Waals surface area contributed by atoms with E-state index in [1.807, 2.05) is 0 Å². The van der Waals surface area contributed by atoms with E-state index in [9.17, 15) is 19.1 Å². The van der Waals surface area contributed by atoms with Crippen LogP contribution in [0.1, 0.15) is 48.1 Å². The van der Waals surface area contributed by atoms with Crippen LogP contribution in [-0.2, 0) is 4.79 Å². The van der Waals surface area contributed by atoms with Crippen molar-refractivity contribution in [1.29, 1.82) is 5.41 Å². The Kier molecular flexibility index (Phi) is 5.92. The molecule has 2 heterocycles. The van der Waals surface area contributed by atoms with Crippen LogP contribution >= 0.6 is 0 Å². The van der Waals surface area contributed by atoms with Crippen molar-refractivity contribution in [2.75, 3.05) is 26.2 Å². The third kappa shape index (κ3) is 4.34. The molecule has 2 amide bonds. The summed E-state index contributed by atoms with van der Waals surface area (Å²) in [6, 6.07) is 5.67. The number of rotatable bonds is 5. The number of aliphatic hydroxyl groups is 1. The van der Waals surface area contributed by atoms with E-state index in [4.69, 9.17) is 5.41 Å². The number of hydrogen-bond acceptors (Lipinski definition) is 5. The molecule has 2 aliphatic rings. The maximum Gasteiger partial charge on any atom is 0.272 e. The summed E-state index contributed by atoms with van der Waals surface area (Å²) in [4.78, 5) is 35.9. The zero-order valence-electron chi connectivity index (χ0n) is 17.9. The molecule has 0 atom stereocenters. The van der Waals surface area contributed by atoms with E-state index in [1.54, 1.807) is 22.8 Å². The predicted octanol–water partition coefficient (Wildman–Crippen LogP) is 2.22. The largest absolute Gasteiger partial charge is 0.380 e. The van der Waals surface area contributed by atoms with Gasteiger partial charge in [-0.15, -0.1) is 0 Å². The lowest BCUT2D eigenvalue weighted by Gasteiger charge is -2.42. The lowest BCUT2D eigenvalue weighted by Crippen LogP contribution is -2.58. The van der Waals surface area contributed by atoms with Crippen molar-refractivity contribution in [2.45, 2.75) is 31.8 Å². The molecular weight excluding hydrogens is 413 g/mol. The number of amides is 2. The summed E-state index contributed by atoms with van der Waals surface area (Å²) in [6.07, 6.45) is 4.95. The summed E-state index contributed by atoms with van der Waals surface area (Å²) in [6.45, 7) is 3.34. The predicted molar refractivity (Wildman–Crippen MR) is 117 cm³/mol. The molecule has 0 bridgehead atoms. The van der Waals surface area contributed by atoms with Gasteiger partial charge in [-0.25, -0.2) is 9.37 Å². The first-order valence-electron chi connectivity index (χ1n) is 10.7. The Morgan fingerprint density at radius 2 is 1.78 bits per heavy atom. The Hall–Kier alpha value is -3.33. The fraction of sp³-hybridized carbons (Fsp3) is 0.391. The van der Waals surface area contributed by atoms with Crippen LogP contribution in [0.4, 0.5) is 4.39 Å². The van der Waals surface area contributed by atoms with Gasteiger partial charge in [0.15, 0.2) is 0 Å². The standard InChI is InChI=1S/C23H26FN5O3/c1-15(13-18(25)16-3-5-17(24)6-4-16)20-26-14-19(27-20)21(30)28-9-11-29(12-10-28)22(31)23(32)7-2-8-23/h3-6,13-14,25,32H,2,7-12H2,1H3,(H,26,27)/b15-13-,25-18?. The molecule has 0 spiro atoms. The molecule has 9 heteroatoms. The number of piperazine rings is 1. The van der Waals surface area contributed by atoms with Crippen molar-refractivity contribution in [3.05, 3.63) is 59.4 Å². The molecule has 32 heavy (non-hydrogen) atoms. The number of nitrogens with one attached hydrogen (secondary N) is 2. The topological polar surface area (TPSA) is 113 Å². The molecule has 2 aromatic rings. The lowest BCUT2D eigenvalue weighted by atomic mass is 9.79. The second kappa shape index (κ2) is 8.66. The van der Waals surface area contributed by atoms with E-state index in [2.05, 4.69) is 9.97 Å². The molecule has 1 aromatic carbocycles. The Morgan fingerprint density at radius 3 is 2.38 bits per heavy atom. The van der Waals surface area contributed by atoms with Gasteiger partial charge in [0.2, 0.25) is 0 Å². The first-order valence-corrected chi connectivity index (χ1v) is 10.7. The number of aromatic nitrogens is 2. The number of H-pyrrole nitrogens is 1. The number of hydrogen-bond donors (Lipinski definition) is 3. The number of halogens is 1. The lowest BCUT2D eigenvalue weighted by molar-refractivity contribution is -0.161.